The first-order chi connectivity index (χ1) is 10.2. The maximum atomic E-state index is 5.79. The highest BCUT2D eigenvalue weighted by Crippen LogP contribution is 2.40. The van der Waals surface area contributed by atoms with E-state index in [4.69, 9.17) is 4.42 Å². The van der Waals surface area contributed by atoms with Crippen LogP contribution in [0.1, 0.15) is 48.3 Å². The summed E-state index contributed by atoms with van der Waals surface area (Å²) < 4.78 is 5.79. The molecule has 2 aromatic heterocycles. The molecular formula is C16H17N3OS. The van der Waals surface area contributed by atoms with E-state index in [-0.39, 0.29) is 6.04 Å². The Hall–Kier alpha value is -1.88. The Morgan fingerprint density at radius 2 is 2.19 bits per heavy atom. The van der Waals surface area contributed by atoms with Gasteiger partial charge < -0.3 is 9.73 Å². The third-order valence-corrected chi connectivity index (χ3v) is 4.59. The van der Waals surface area contributed by atoms with E-state index in [9.17, 15) is 0 Å². The largest absolute Gasteiger partial charge is 0.440 e. The number of hydrogen-bond acceptors (Lipinski definition) is 5. The van der Waals surface area contributed by atoms with Crippen LogP contribution in [0.25, 0.3) is 11.1 Å². The maximum Gasteiger partial charge on any atom is 0.198 e. The highest BCUT2D eigenvalue weighted by Gasteiger charge is 2.28. The molecule has 1 aliphatic rings. The third kappa shape index (κ3) is 2.53. The van der Waals surface area contributed by atoms with Crippen molar-refractivity contribution >= 4 is 28.1 Å². The monoisotopic (exact) mass is 299 g/mol. The fourth-order valence-corrected chi connectivity index (χ4v) is 3.15. The van der Waals surface area contributed by atoms with Crippen LogP contribution in [0.4, 0.5) is 5.69 Å². The molecule has 1 aromatic carbocycles. The topological polar surface area (TPSA) is 51.0 Å². The number of thiazole rings is 1. The van der Waals surface area contributed by atoms with E-state index in [1.807, 2.05) is 19.1 Å². The molecule has 3 aromatic rings. The standard InChI is InChI=1S/C16H17N3OS/c1-9(14-8-21-10(2)18-14)17-12-5-6-15-13(7-12)19-16(20-15)11-3-4-11/h5-9,11,17H,3-4H2,1-2H3. The Morgan fingerprint density at radius 3 is 2.90 bits per heavy atom. The summed E-state index contributed by atoms with van der Waals surface area (Å²) in [5.74, 6) is 1.44. The van der Waals surface area contributed by atoms with Crippen LogP contribution < -0.4 is 5.32 Å². The van der Waals surface area contributed by atoms with Gasteiger partial charge in [-0.1, -0.05) is 0 Å². The van der Waals surface area contributed by atoms with Crippen LogP contribution in [0.2, 0.25) is 0 Å². The second-order valence-corrected chi connectivity index (χ2v) is 6.73. The first-order valence-corrected chi connectivity index (χ1v) is 8.16. The van der Waals surface area contributed by atoms with E-state index in [1.54, 1.807) is 11.3 Å². The third-order valence-electron chi connectivity index (χ3n) is 3.79. The van der Waals surface area contributed by atoms with Gasteiger partial charge >= 0.3 is 0 Å². The SMILES string of the molecule is Cc1nc(C(C)Nc2ccc3oc(C4CC4)nc3c2)cs1. The number of nitrogens with zero attached hydrogens (tertiary/aromatic N) is 2. The van der Waals surface area contributed by atoms with E-state index >= 15 is 0 Å². The maximum absolute atomic E-state index is 5.79. The van der Waals surface area contributed by atoms with Gasteiger partial charge in [-0.05, 0) is 44.9 Å². The molecule has 1 atom stereocenters. The summed E-state index contributed by atoms with van der Waals surface area (Å²) in [6, 6.07) is 6.28. The van der Waals surface area contributed by atoms with Crippen LogP contribution in [-0.4, -0.2) is 9.97 Å². The lowest BCUT2D eigenvalue weighted by Gasteiger charge is -2.12. The lowest BCUT2D eigenvalue weighted by molar-refractivity contribution is 0.533. The van der Waals surface area contributed by atoms with Crippen molar-refractivity contribution in [1.29, 1.82) is 0 Å². The van der Waals surface area contributed by atoms with Gasteiger partial charge in [-0.25, -0.2) is 9.97 Å². The van der Waals surface area contributed by atoms with Crippen LogP contribution in [0.15, 0.2) is 28.0 Å². The first kappa shape index (κ1) is 12.8. The second-order valence-electron chi connectivity index (χ2n) is 5.67. The van der Waals surface area contributed by atoms with Gasteiger partial charge in [-0.15, -0.1) is 11.3 Å². The molecule has 2 heterocycles. The molecule has 108 valence electrons. The van der Waals surface area contributed by atoms with Crippen molar-refractivity contribution in [1.82, 2.24) is 9.97 Å². The molecule has 1 aliphatic carbocycles. The number of aryl methyl sites for hydroxylation is 1. The second kappa shape index (κ2) is 4.84. The molecule has 0 radical (unpaired) electrons. The zero-order valence-electron chi connectivity index (χ0n) is 12.1. The molecule has 1 fully saturated rings. The van der Waals surface area contributed by atoms with E-state index in [0.717, 1.165) is 33.4 Å². The number of benzene rings is 1. The molecule has 21 heavy (non-hydrogen) atoms. The molecule has 0 amide bonds. The van der Waals surface area contributed by atoms with E-state index in [2.05, 4.69) is 33.7 Å². The van der Waals surface area contributed by atoms with Crippen molar-refractivity contribution in [3.05, 3.63) is 40.2 Å². The molecular weight excluding hydrogens is 282 g/mol. The average molecular weight is 299 g/mol. The van der Waals surface area contributed by atoms with E-state index < -0.39 is 0 Å². The predicted octanol–water partition coefficient (Wildman–Crippen LogP) is 4.64. The van der Waals surface area contributed by atoms with Gasteiger partial charge in [0.1, 0.15) is 5.52 Å². The van der Waals surface area contributed by atoms with Crippen molar-refractivity contribution < 1.29 is 4.42 Å². The molecule has 1 saturated carbocycles. The minimum Gasteiger partial charge on any atom is -0.440 e. The van der Waals surface area contributed by atoms with Crippen LogP contribution in [0.3, 0.4) is 0 Å². The number of hydrogen-bond donors (Lipinski definition) is 1. The molecule has 1 unspecified atom stereocenters. The van der Waals surface area contributed by atoms with Crippen molar-refractivity contribution in [3.8, 4) is 0 Å². The zero-order valence-corrected chi connectivity index (χ0v) is 12.9. The summed E-state index contributed by atoms with van der Waals surface area (Å²) in [6.45, 7) is 4.15. The first-order valence-electron chi connectivity index (χ1n) is 7.28. The zero-order chi connectivity index (χ0) is 14.4. The van der Waals surface area contributed by atoms with Crippen molar-refractivity contribution in [2.75, 3.05) is 5.32 Å². The number of fused-ring (bicyclic) bond motifs is 1. The van der Waals surface area contributed by atoms with E-state index in [0.29, 0.717) is 5.92 Å². The molecule has 0 saturated heterocycles. The molecule has 4 rings (SSSR count). The highest BCUT2D eigenvalue weighted by molar-refractivity contribution is 7.09. The molecule has 0 bridgehead atoms. The highest BCUT2D eigenvalue weighted by atomic mass is 32.1. The van der Waals surface area contributed by atoms with Gasteiger partial charge in [0.05, 0.1) is 16.7 Å². The average Bonchev–Trinajstić information content (AvgIpc) is 3.09. The molecule has 0 aliphatic heterocycles. The van der Waals surface area contributed by atoms with Crippen LogP contribution in [0, 0.1) is 6.92 Å². The minimum absolute atomic E-state index is 0.183. The number of rotatable bonds is 4. The van der Waals surface area contributed by atoms with Crippen LogP contribution in [0.5, 0.6) is 0 Å². The van der Waals surface area contributed by atoms with Crippen molar-refractivity contribution in [2.24, 2.45) is 0 Å². The van der Waals surface area contributed by atoms with Gasteiger partial charge in [-0.3, -0.25) is 0 Å². The molecule has 1 N–H and O–H groups in total. The number of oxazole rings is 1. The summed E-state index contributed by atoms with van der Waals surface area (Å²) in [7, 11) is 0. The number of nitrogens with one attached hydrogen (secondary N) is 1. The van der Waals surface area contributed by atoms with E-state index in [1.165, 1.54) is 12.8 Å². The quantitative estimate of drug-likeness (QED) is 0.762. The van der Waals surface area contributed by atoms with Gasteiger partial charge in [0.15, 0.2) is 11.5 Å². The number of aromatic nitrogens is 2. The molecule has 0 spiro atoms. The summed E-state index contributed by atoms with van der Waals surface area (Å²) in [4.78, 5) is 9.13. The predicted molar refractivity (Wildman–Crippen MR) is 84.9 cm³/mol. The van der Waals surface area contributed by atoms with Gasteiger partial charge in [0.25, 0.3) is 0 Å². The Bertz CT molecular complexity index is 788. The summed E-state index contributed by atoms with van der Waals surface area (Å²) in [5.41, 5.74) is 3.94. The van der Waals surface area contributed by atoms with Gasteiger partial charge in [0.2, 0.25) is 0 Å². The van der Waals surface area contributed by atoms with Crippen molar-refractivity contribution in [2.45, 2.75) is 38.6 Å². The van der Waals surface area contributed by atoms with Crippen molar-refractivity contribution in [3.63, 3.8) is 0 Å². The summed E-state index contributed by atoms with van der Waals surface area (Å²) >= 11 is 1.68. The van der Waals surface area contributed by atoms with Crippen LogP contribution in [-0.2, 0) is 0 Å². The Balaban J connectivity index is 1.58. The molecule has 5 heteroatoms. The minimum atomic E-state index is 0.183. The Kier molecular flexibility index (Phi) is 2.96. The lowest BCUT2D eigenvalue weighted by atomic mass is 10.2. The number of anilines is 1. The fourth-order valence-electron chi connectivity index (χ4n) is 2.44. The van der Waals surface area contributed by atoms with Crippen LogP contribution >= 0.6 is 11.3 Å². The smallest absolute Gasteiger partial charge is 0.198 e. The van der Waals surface area contributed by atoms with Gasteiger partial charge in [-0.2, -0.15) is 0 Å². The summed E-state index contributed by atoms with van der Waals surface area (Å²) in [6.07, 6.45) is 2.41. The summed E-state index contributed by atoms with van der Waals surface area (Å²) in [5, 5.41) is 6.68. The Labute approximate surface area is 127 Å². The van der Waals surface area contributed by atoms with Gasteiger partial charge in [0, 0.05) is 17.0 Å². The normalized spacial score (nSPS) is 16.3. The Morgan fingerprint density at radius 1 is 1.33 bits per heavy atom. The fraction of sp³-hybridized carbons (Fsp3) is 0.375. The lowest BCUT2D eigenvalue weighted by Crippen LogP contribution is -2.06. The molecule has 4 nitrogen and oxygen atoms in total.